The normalized spacial score (nSPS) is 21.7. The highest BCUT2D eigenvalue weighted by Gasteiger charge is 2.23. The predicted molar refractivity (Wildman–Crippen MR) is 45.0 cm³/mol. The Morgan fingerprint density at radius 3 is 3.27 bits per heavy atom. The maximum atomic E-state index is 5.33. The van der Waals surface area contributed by atoms with E-state index in [4.69, 9.17) is 9.47 Å². The molecule has 2 rings (SSSR count). The maximum absolute atomic E-state index is 5.33. The third kappa shape index (κ3) is 1.91. The van der Waals surface area contributed by atoms with Gasteiger partial charge in [-0.15, -0.1) is 11.3 Å². The third-order valence-corrected chi connectivity index (χ3v) is 2.79. The molecule has 1 saturated heterocycles. The number of hydrogen-bond acceptors (Lipinski definition) is 4. The SMILES string of the molecule is Brc1scnc1OC[C@@H]1CO1. The second kappa shape index (κ2) is 3.08. The van der Waals surface area contributed by atoms with Crippen molar-refractivity contribution in [1.29, 1.82) is 0 Å². The third-order valence-electron chi connectivity index (χ3n) is 1.30. The average Bonchev–Trinajstić information content (AvgIpc) is 2.73. The van der Waals surface area contributed by atoms with Gasteiger partial charge >= 0.3 is 0 Å². The molecule has 0 radical (unpaired) electrons. The zero-order chi connectivity index (χ0) is 7.68. The van der Waals surface area contributed by atoms with Crippen molar-refractivity contribution in [3.8, 4) is 5.88 Å². The van der Waals surface area contributed by atoms with Crippen LogP contribution >= 0.6 is 27.3 Å². The van der Waals surface area contributed by atoms with E-state index in [1.54, 1.807) is 5.51 Å². The fourth-order valence-corrected chi connectivity index (χ4v) is 1.57. The van der Waals surface area contributed by atoms with Crippen molar-refractivity contribution in [3.63, 3.8) is 0 Å². The Labute approximate surface area is 76.5 Å². The van der Waals surface area contributed by atoms with E-state index < -0.39 is 0 Å². The highest BCUT2D eigenvalue weighted by molar-refractivity contribution is 9.11. The summed E-state index contributed by atoms with van der Waals surface area (Å²) in [6.07, 6.45) is 0.295. The highest BCUT2D eigenvalue weighted by Crippen LogP contribution is 2.27. The number of nitrogens with zero attached hydrogens (tertiary/aromatic N) is 1. The molecule has 5 heteroatoms. The van der Waals surface area contributed by atoms with Crippen molar-refractivity contribution < 1.29 is 9.47 Å². The first kappa shape index (κ1) is 7.52. The smallest absolute Gasteiger partial charge is 0.239 e. The van der Waals surface area contributed by atoms with Crippen LogP contribution in [0.2, 0.25) is 0 Å². The second-order valence-electron chi connectivity index (χ2n) is 2.20. The Hall–Kier alpha value is -0.130. The minimum atomic E-state index is 0.295. The molecule has 0 N–H and O–H groups in total. The van der Waals surface area contributed by atoms with Crippen LogP contribution in [0.15, 0.2) is 9.30 Å². The van der Waals surface area contributed by atoms with Gasteiger partial charge in [0.05, 0.1) is 12.1 Å². The summed E-state index contributed by atoms with van der Waals surface area (Å²) >= 11 is 4.84. The first-order valence-corrected chi connectivity index (χ1v) is 4.87. The highest BCUT2D eigenvalue weighted by atomic mass is 79.9. The Balaban J connectivity index is 1.89. The summed E-state index contributed by atoms with van der Waals surface area (Å²) in [5.74, 6) is 0.672. The number of hydrogen-bond donors (Lipinski definition) is 0. The Bertz CT molecular complexity index is 248. The molecule has 1 atom stereocenters. The second-order valence-corrected chi connectivity index (χ2v) is 4.37. The predicted octanol–water partition coefficient (Wildman–Crippen LogP) is 1.68. The topological polar surface area (TPSA) is 34.6 Å². The van der Waals surface area contributed by atoms with Gasteiger partial charge in [0.25, 0.3) is 0 Å². The van der Waals surface area contributed by atoms with E-state index in [0.717, 1.165) is 10.4 Å². The molecule has 0 spiro atoms. The van der Waals surface area contributed by atoms with E-state index >= 15 is 0 Å². The summed E-state index contributed by atoms with van der Waals surface area (Å²) in [5, 5.41) is 0. The number of epoxide rings is 1. The van der Waals surface area contributed by atoms with Crippen LogP contribution in [0.1, 0.15) is 0 Å². The zero-order valence-electron chi connectivity index (χ0n) is 5.62. The summed E-state index contributed by atoms with van der Waals surface area (Å²) < 4.78 is 11.3. The maximum Gasteiger partial charge on any atom is 0.239 e. The van der Waals surface area contributed by atoms with Crippen molar-refractivity contribution in [3.05, 3.63) is 9.30 Å². The van der Waals surface area contributed by atoms with Crippen molar-refractivity contribution in [2.75, 3.05) is 13.2 Å². The van der Waals surface area contributed by atoms with E-state index in [1.165, 1.54) is 11.3 Å². The van der Waals surface area contributed by atoms with Gasteiger partial charge in [0.1, 0.15) is 16.5 Å². The number of rotatable bonds is 3. The van der Waals surface area contributed by atoms with Crippen LogP contribution in [0.25, 0.3) is 0 Å². The van der Waals surface area contributed by atoms with E-state index in [2.05, 4.69) is 20.9 Å². The van der Waals surface area contributed by atoms with Crippen molar-refractivity contribution in [2.45, 2.75) is 6.10 Å². The molecule has 0 aliphatic carbocycles. The quantitative estimate of drug-likeness (QED) is 0.749. The lowest BCUT2D eigenvalue weighted by atomic mass is 10.5. The summed E-state index contributed by atoms with van der Waals surface area (Å²) in [4.78, 5) is 4.01. The molecule has 11 heavy (non-hydrogen) atoms. The Morgan fingerprint density at radius 2 is 2.73 bits per heavy atom. The van der Waals surface area contributed by atoms with E-state index in [0.29, 0.717) is 18.6 Å². The lowest BCUT2D eigenvalue weighted by Gasteiger charge is -1.98. The summed E-state index contributed by atoms with van der Waals surface area (Å²) in [6.45, 7) is 1.43. The van der Waals surface area contributed by atoms with Crippen molar-refractivity contribution >= 4 is 27.3 Å². The van der Waals surface area contributed by atoms with Crippen LogP contribution in [-0.4, -0.2) is 24.3 Å². The number of aromatic nitrogens is 1. The van der Waals surface area contributed by atoms with Crippen LogP contribution in [0.5, 0.6) is 5.88 Å². The molecule has 0 saturated carbocycles. The summed E-state index contributed by atoms with van der Waals surface area (Å²) in [6, 6.07) is 0. The molecule has 1 aromatic rings. The molecule has 1 aliphatic rings. The first-order valence-electron chi connectivity index (χ1n) is 3.19. The van der Waals surface area contributed by atoms with Crippen LogP contribution < -0.4 is 4.74 Å². The van der Waals surface area contributed by atoms with E-state index in [9.17, 15) is 0 Å². The van der Waals surface area contributed by atoms with Gasteiger partial charge in [0.15, 0.2) is 0 Å². The van der Waals surface area contributed by atoms with Crippen molar-refractivity contribution in [1.82, 2.24) is 4.98 Å². The monoisotopic (exact) mass is 235 g/mol. The lowest BCUT2D eigenvalue weighted by molar-refractivity contribution is 0.255. The van der Waals surface area contributed by atoms with Crippen LogP contribution in [-0.2, 0) is 4.74 Å². The molecular formula is C6H6BrNO2S. The van der Waals surface area contributed by atoms with E-state index in [1.807, 2.05) is 0 Å². The Kier molecular flexibility index (Phi) is 2.11. The molecule has 0 amide bonds. The lowest BCUT2D eigenvalue weighted by Crippen LogP contribution is -2.04. The Morgan fingerprint density at radius 1 is 1.91 bits per heavy atom. The van der Waals surface area contributed by atoms with Gasteiger partial charge in [-0.2, -0.15) is 0 Å². The number of halogens is 1. The van der Waals surface area contributed by atoms with Gasteiger partial charge in [-0.05, 0) is 15.9 Å². The van der Waals surface area contributed by atoms with Gasteiger partial charge in [0.2, 0.25) is 5.88 Å². The molecule has 0 bridgehead atoms. The van der Waals surface area contributed by atoms with Gasteiger partial charge < -0.3 is 9.47 Å². The van der Waals surface area contributed by atoms with Crippen LogP contribution in [0.3, 0.4) is 0 Å². The van der Waals surface area contributed by atoms with Crippen LogP contribution in [0, 0.1) is 0 Å². The molecule has 60 valence electrons. The zero-order valence-corrected chi connectivity index (χ0v) is 8.02. The molecule has 2 heterocycles. The first-order chi connectivity index (χ1) is 5.36. The molecule has 1 fully saturated rings. The van der Waals surface area contributed by atoms with Gasteiger partial charge in [-0.25, -0.2) is 4.98 Å². The minimum absolute atomic E-state index is 0.295. The molecule has 3 nitrogen and oxygen atoms in total. The fraction of sp³-hybridized carbons (Fsp3) is 0.500. The van der Waals surface area contributed by atoms with Crippen molar-refractivity contribution in [2.24, 2.45) is 0 Å². The summed E-state index contributed by atoms with van der Waals surface area (Å²) in [7, 11) is 0. The number of ether oxygens (including phenoxy) is 2. The van der Waals surface area contributed by atoms with E-state index in [-0.39, 0.29) is 0 Å². The average molecular weight is 236 g/mol. The van der Waals surface area contributed by atoms with Gasteiger partial charge in [-0.3, -0.25) is 0 Å². The fourth-order valence-electron chi connectivity index (χ4n) is 0.652. The molecule has 1 aromatic heterocycles. The molecule has 1 aliphatic heterocycles. The van der Waals surface area contributed by atoms with Gasteiger partial charge in [-0.1, -0.05) is 0 Å². The largest absolute Gasteiger partial charge is 0.473 e. The van der Waals surface area contributed by atoms with Gasteiger partial charge in [0, 0.05) is 0 Å². The molecular weight excluding hydrogens is 230 g/mol. The molecule has 0 unspecified atom stereocenters. The van der Waals surface area contributed by atoms with Crippen LogP contribution in [0.4, 0.5) is 0 Å². The minimum Gasteiger partial charge on any atom is -0.473 e. The standard InChI is InChI=1S/C6H6BrNO2S/c7-5-6(8-3-11-5)10-2-4-1-9-4/h3-4H,1-2H2/t4-/m0/s1. The molecule has 0 aromatic carbocycles. The summed E-state index contributed by atoms with van der Waals surface area (Å²) in [5.41, 5.74) is 1.74. The number of thiazole rings is 1.